The van der Waals surface area contributed by atoms with E-state index in [1.54, 1.807) is 61.1 Å². The fourth-order valence-electron chi connectivity index (χ4n) is 2.76. The molecule has 0 aliphatic heterocycles. The Morgan fingerprint density at radius 2 is 1.60 bits per heavy atom. The van der Waals surface area contributed by atoms with Crippen LogP contribution in [0.3, 0.4) is 0 Å². The van der Waals surface area contributed by atoms with Crippen LogP contribution in [0.15, 0.2) is 90.2 Å². The van der Waals surface area contributed by atoms with Gasteiger partial charge in [0.1, 0.15) is 0 Å². The summed E-state index contributed by atoms with van der Waals surface area (Å²) in [7, 11) is -3.63. The average molecular weight is 349 g/mol. The summed E-state index contributed by atoms with van der Waals surface area (Å²) in [6.07, 6.45) is 4.99. The third-order valence-corrected chi connectivity index (χ3v) is 5.66. The SMILES string of the molecule is O=S(=O)(c1ccccc1)n1ccc2c(Nc3ccncc3)cccc21. The molecule has 124 valence electrons. The molecule has 0 amide bonds. The fourth-order valence-corrected chi connectivity index (χ4v) is 4.13. The molecular weight excluding hydrogens is 334 g/mol. The summed E-state index contributed by atoms with van der Waals surface area (Å²) in [5.41, 5.74) is 2.36. The Hall–Kier alpha value is -3.12. The number of aromatic nitrogens is 2. The van der Waals surface area contributed by atoms with Crippen molar-refractivity contribution in [2.45, 2.75) is 4.90 Å². The van der Waals surface area contributed by atoms with Gasteiger partial charge in [0.25, 0.3) is 10.0 Å². The number of pyridine rings is 1. The highest BCUT2D eigenvalue weighted by atomic mass is 32.2. The van der Waals surface area contributed by atoms with Gasteiger partial charge in [-0.3, -0.25) is 4.98 Å². The van der Waals surface area contributed by atoms with E-state index in [0.29, 0.717) is 5.52 Å². The van der Waals surface area contributed by atoms with E-state index in [1.165, 1.54) is 3.97 Å². The van der Waals surface area contributed by atoms with E-state index in [9.17, 15) is 8.42 Å². The number of fused-ring (bicyclic) bond motifs is 1. The number of nitrogens with zero attached hydrogens (tertiary/aromatic N) is 2. The van der Waals surface area contributed by atoms with Gasteiger partial charge in [0.15, 0.2) is 0 Å². The summed E-state index contributed by atoms with van der Waals surface area (Å²) in [5, 5.41) is 4.14. The van der Waals surface area contributed by atoms with Crippen molar-refractivity contribution in [2.75, 3.05) is 5.32 Å². The van der Waals surface area contributed by atoms with E-state index in [4.69, 9.17) is 0 Å². The van der Waals surface area contributed by atoms with Gasteiger partial charge >= 0.3 is 0 Å². The number of hydrogen-bond acceptors (Lipinski definition) is 4. The van der Waals surface area contributed by atoms with Gasteiger partial charge in [-0.25, -0.2) is 12.4 Å². The number of hydrogen-bond donors (Lipinski definition) is 1. The Balaban J connectivity index is 1.82. The molecule has 0 radical (unpaired) electrons. The third-order valence-electron chi connectivity index (χ3n) is 3.96. The number of anilines is 2. The molecule has 2 aromatic carbocycles. The van der Waals surface area contributed by atoms with Crippen molar-refractivity contribution in [3.63, 3.8) is 0 Å². The highest BCUT2D eigenvalue weighted by Crippen LogP contribution is 2.29. The zero-order valence-electron chi connectivity index (χ0n) is 13.2. The molecule has 25 heavy (non-hydrogen) atoms. The van der Waals surface area contributed by atoms with Crippen LogP contribution in [0.25, 0.3) is 10.9 Å². The van der Waals surface area contributed by atoms with Gasteiger partial charge in [0.2, 0.25) is 0 Å². The minimum Gasteiger partial charge on any atom is -0.355 e. The average Bonchev–Trinajstić information content (AvgIpc) is 3.09. The molecule has 6 heteroatoms. The van der Waals surface area contributed by atoms with Crippen LogP contribution < -0.4 is 5.32 Å². The second-order valence-electron chi connectivity index (χ2n) is 5.53. The molecular formula is C19H15N3O2S. The Labute approximate surface area is 145 Å². The quantitative estimate of drug-likeness (QED) is 0.604. The van der Waals surface area contributed by atoms with Crippen LogP contribution in [0.1, 0.15) is 0 Å². The Morgan fingerprint density at radius 3 is 2.36 bits per heavy atom. The molecule has 0 bridgehead atoms. The molecule has 4 rings (SSSR count). The molecule has 0 unspecified atom stereocenters. The highest BCUT2D eigenvalue weighted by Gasteiger charge is 2.19. The lowest BCUT2D eigenvalue weighted by Crippen LogP contribution is -2.11. The molecule has 0 fully saturated rings. The van der Waals surface area contributed by atoms with E-state index in [-0.39, 0.29) is 4.90 Å². The maximum atomic E-state index is 12.9. The summed E-state index contributed by atoms with van der Waals surface area (Å²) in [6.45, 7) is 0. The predicted molar refractivity (Wildman–Crippen MR) is 98.5 cm³/mol. The maximum Gasteiger partial charge on any atom is 0.268 e. The summed E-state index contributed by atoms with van der Waals surface area (Å²) in [5.74, 6) is 0. The lowest BCUT2D eigenvalue weighted by atomic mass is 10.2. The van der Waals surface area contributed by atoms with Crippen molar-refractivity contribution in [3.05, 3.63) is 85.3 Å². The molecule has 0 saturated carbocycles. The van der Waals surface area contributed by atoms with Crippen LogP contribution in [0.4, 0.5) is 11.4 Å². The lowest BCUT2D eigenvalue weighted by molar-refractivity contribution is 0.589. The molecule has 2 aromatic heterocycles. The molecule has 0 saturated heterocycles. The second kappa shape index (κ2) is 6.07. The second-order valence-corrected chi connectivity index (χ2v) is 7.34. The van der Waals surface area contributed by atoms with Gasteiger partial charge in [-0.2, -0.15) is 0 Å². The maximum absolute atomic E-state index is 12.9. The number of nitrogens with one attached hydrogen (secondary N) is 1. The predicted octanol–water partition coefficient (Wildman–Crippen LogP) is 4.02. The molecule has 1 N–H and O–H groups in total. The van der Waals surface area contributed by atoms with Crippen molar-refractivity contribution in [3.8, 4) is 0 Å². The van der Waals surface area contributed by atoms with Gasteiger partial charge in [-0.15, -0.1) is 0 Å². The van der Waals surface area contributed by atoms with E-state index in [2.05, 4.69) is 10.3 Å². The Morgan fingerprint density at radius 1 is 0.840 bits per heavy atom. The monoisotopic (exact) mass is 349 g/mol. The van der Waals surface area contributed by atoms with Crippen LogP contribution in [0.2, 0.25) is 0 Å². The molecule has 0 aliphatic rings. The van der Waals surface area contributed by atoms with E-state index >= 15 is 0 Å². The smallest absolute Gasteiger partial charge is 0.268 e. The minimum absolute atomic E-state index is 0.264. The molecule has 0 atom stereocenters. The van der Waals surface area contributed by atoms with Crippen LogP contribution in [0, 0.1) is 0 Å². The van der Waals surface area contributed by atoms with Crippen molar-refractivity contribution < 1.29 is 8.42 Å². The first-order valence-corrected chi connectivity index (χ1v) is 9.18. The summed E-state index contributed by atoms with van der Waals surface area (Å²) in [6, 6.07) is 19.5. The zero-order valence-corrected chi connectivity index (χ0v) is 14.0. The number of benzene rings is 2. The Bertz CT molecular complexity index is 1120. The largest absolute Gasteiger partial charge is 0.355 e. The summed E-state index contributed by atoms with van der Waals surface area (Å²) in [4.78, 5) is 4.26. The first-order chi connectivity index (χ1) is 12.2. The Kier molecular flexibility index (Phi) is 3.74. The lowest BCUT2D eigenvalue weighted by Gasteiger charge is -2.10. The standard InChI is InChI=1S/C19H15N3O2S/c23-25(24,16-5-2-1-3-6-16)22-14-11-17-18(7-4-8-19(17)22)21-15-9-12-20-13-10-15/h1-14H,(H,20,21). The normalized spacial score (nSPS) is 11.5. The summed E-state index contributed by atoms with van der Waals surface area (Å²) < 4.78 is 27.1. The van der Waals surface area contributed by atoms with Gasteiger partial charge < -0.3 is 5.32 Å². The molecule has 0 aliphatic carbocycles. The molecule has 2 heterocycles. The zero-order chi connectivity index (χ0) is 17.3. The van der Waals surface area contributed by atoms with E-state index in [0.717, 1.165) is 16.8 Å². The first-order valence-electron chi connectivity index (χ1n) is 7.74. The van der Waals surface area contributed by atoms with Gasteiger partial charge in [-0.1, -0.05) is 24.3 Å². The van der Waals surface area contributed by atoms with Crippen LogP contribution in [-0.4, -0.2) is 17.4 Å². The minimum atomic E-state index is -3.63. The molecule has 4 aromatic rings. The summed E-state index contributed by atoms with van der Waals surface area (Å²) >= 11 is 0. The molecule has 0 spiro atoms. The van der Waals surface area contributed by atoms with Crippen molar-refractivity contribution >= 4 is 32.3 Å². The third kappa shape index (κ3) is 2.77. The van der Waals surface area contributed by atoms with Crippen molar-refractivity contribution in [1.29, 1.82) is 0 Å². The number of rotatable bonds is 4. The molecule has 5 nitrogen and oxygen atoms in total. The first kappa shape index (κ1) is 15.4. The van der Waals surface area contributed by atoms with Gasteiger partial charge in [0.05, 0.1) is 10.4 Å². The van der Waals surface area contributed by atoms with E-state index in [1.807, 2.05) is 24.3 Å². The topological polar surface area (TPSA) is 64.0 Å². The van der Waals surface area contributed by atoms with Crippen molar-refractivity contribution in [1.82, 2.24) is 8.96 Å². The van der Waals surface area contributed by atoms with Crippen LogP contribution in [-0.2, 0) is 10.0 Å². The van der Waals surface area contributed by atoms with Crippen LogP contribution in [0.5, 0.6) is 0 Å². The van der Waals surface area contributed by atoms with E-state index < -0.39 is 10.0 Å². The van der Waals surface area contributed by atoms with Crippen molar-refractivity contribution in [2.24, 2.45) is 0 Å². The highest BCUT2D eigenvalue weighted by molar-refractivity contribution is 7.90. The van der Waals surface area contributed by atoms with Gasteiger partial charge in [0, 0.05) is 35.4 Å². The van der Waals surface area contributed by atoms with Gasteiger partial charge in [-0.05, 0) is 42.5 Å². The van der Waals surface area contributed by atoms with Crippen LogP contribution >= 0.6 is 0 Å². The fraction of sp³-hybridized carbons (Fsp3) is 0.